The van der Waals surface area contributed by atoms with Crippen molar-refractivity contribution in [2.24, 2.45) is 0 Å². The van der Waals surface area contributed by atoms with E-state index >= 15 is 0 Å². The molecule has 0 unspecified atom stereocenters. The van der Waals surface area contributed by atoms with E-state index in [-0.39, 0.29) is 32.9 Å². The van der Waals surface area contributed by atoms with Gasteiger partial charge in [0.1, 0.15) is 11.9 Å². The Labute approximate surface area is 144 Å². The molecule has 2 aromatic rings. The molecule has 1 amide bonds. The van der Waals surface area contributed by atoms with Crippen molar-refractivity contribution in [2.45, 2.75) is 13.1 Å². The molecule has 0 bridgehead atoms. The first kappa shape index (κ1) is 18.1. The number of hydrogen-bond donors (Lipinski definition) is 1. The average Bonchev–Trinajstić information content (AvgIpc) is 2.81. The van der Waals surface area contributed by atoms with Crippen LogP contribution in [-0.4, -0.2) is 22.5 Å². The van der Waals surface area contributed by atoms with Crippen LogP contribution in [0.5, 0.6) is 0 Å². The molecule has 1 N–H and O–H groups in total. The van der Waals surface area contributed by atoms with Gasteiger partial charge in [-0.1, -0.05) is 23.2 Å². The number of benzene rings is 1. The third-order valence-corrected chi connectivity index (χ3v) is 3.74. The van der Waals surface area contributed by atoms with Crippen molar-refractivity contribution in [3.05, 3.63) is 45.0 Å². The van der Waals surface area contributed by atoms with Crippen LogP contribution >= 0.6 is 23.2 Å². The molecule has 1 aromatic heterocycles. The summed E-state index contributed by atoms with van der Waals surface area (Å²) in [7, 11) is 1.36. The second kappa shape index (κ2) is 6.34. The van der Waals surface area contributed by atoms with Crippen molar-refractivity contribution >= 4 is 29.1 Å². The molecule has 0 spiro atoms. The third kappa shape index (κ3) is 3.05. The predicted octanol–water partition coefficient (Wildman–Crippen LogP) is 3.74. The number of amides is 1. The first-order valence-corrected chi connectivity index (χ1v) is 7.15. The van der Waals surface area contributed by atoms with E-state index in [9.17, 15) is 23.2 Å². The number of nitrogens with one attached hydrogen (secondary N) is 1. The highest BCUT2D eigenvalue weighted by molar-refractivity contribution is 6.38. The van der Waals surface area contributed by atoms with E-state index in [0.29, 0.717) is 12.1 Å². The molecule has 126 valence electrons. The molecule has 0 aliphatic carbocycles. The zero-order valence-electron chi connectivity index (χ0n) is 12.3. The van der Waals surface area contributed by atoms with Crippen LogP contribution in [0, 0.1) is 18.3 Å². The summed E-state index contributed by atoms with van der Waals surface area (Å²) in [4.78, 5) is 15.8. The summed E-state index contributed by atoms with van der Waals surface area (Å²) in [5.41, 5.74) is -1.44. The van der Waals surface area contributed by atoms with Gasteiger partial charge in [-0.25, -0.2) is 4.98 Å². The maximum absolute atomic E-state index is 12.8. The smallest absolute Gasteiger partial charge is 0.354 e. The molecule has 0 radical (unpaired) electrons. The standard InChI is InChI=1S/C14H9Cl2F3N4O/c1-6-22-11(13(24)21-2)10(5-20)23(6)12-8(15)3-7(4-9(12)16)14(17,18)19/h3-4H,1-2H3,(H,21,24). The fourth-order valence-electron chi connectivity index (χ4n) is 2.13. The van der Waals surface area contributed by atoms with E-state index in [4.69, 9.17) is 23.2 Å². The maximum Gasteiger partial charge on any atom is 0.416 e. The van der Waals surface area contributed by atoms with Crippen molar-refractivity contribution in [3.63, 3.8) is 0 Å². The summed E-state index contributed by atoms with van der Waals surface area (Å²) in [5, 5.41) is 11.0. The summed E-state index contributed by atoms with van der Waals surface area (Å²) >= 11 is 11.9. The van der Waals surface area contributed by atoms with E-state index in [1.54, 1.807) is 6.07 Å². The minimum atomic E-state index is -4.62. The molecule has 1 aromatic carbocycles. The van der Waals surface area contributed by atoms with Gasteiger partial charge in [0.25, 0.3) is 5.91 Å². The van der Waals surface area contributed by atoms with E-state index < -0.39 is 17.6 Å². The lowest BCUT2D eigenvalue weighted by molar-refractivity contribution is -0.137. The van der Waals surface area contributed by atoms with Crippen molar-refractivity contribution in [1.82, 2.24) is 14.9 Å². The lowest BCUT2D eigenvalue weighted by Gasteiger charge is -2.14. The highest BCUT2D eigenvalue weighted by atomic mass is 35.5. The van der Waals surface area contributed by atoms with Gasteiger partial charge in [-0.3, -0.25) is 9.36 Å². The SMILES string of the molecule is CNC(=O)c1nc(C)n(-c2c(Cl)cc(C(F)(F)F)cc2Cl)c1C#N. The summed E-state index contributed by atoms with van der Waals surface area (Å²) in [6.45, 7) is 1.47. The number of aryl methyl sites for hydroxylation is 1. The van der Waals surface area contributed by atoms with Gasteiger partial charge in [-0.15, -0.1) is 0 Å². The van der Waals surface area contributed by atoms with Crippen molar-refractivity contribution in [2.75, 3.05) is 7.05 Å². The second-order valence-corrected chi connectivity index (χ2v) is 5.48. The molecule has 0 saturated carbocycles. The fraction of sp³-hybridized carbons (Fsp3) is 0.214. The number of imidazole rings is 1. The van der Waals surface area contributed by atoms with Crippen molar-refractivity contribution < 1.29 is 18.0 Å². The van der Waals surface area contributed by atoms with Crippen LogP contribution in [0.15, 0.2) is 12.1 Å². The Morgan fingerprint density at radius 2 is 1.88 bits per heavy atom. The minimum Gasteiger partial charge on any atom is -0.354 e. The normalized spacial score (nSPS) is 11.2. The van der Waals surface area contributed by atoms with Crippen LogP contribution in [0.3, 0.4) is 0 Å². The summed E-state index contributed by atoms with van der Waals surface area (Å²) in [6.07, 6.45) is -4.62. The van der Waals surface area contributed by atoms with Crippen LogP contribution in [-0.2, 0) is 6.18 Å². The van der Waals surface area contributed by atoms with Gasteiger partial charge in [0.05, 0.1) is 21.3 Å². The quantitative estimate of drug-likeness (QED) is 0.867. The molecule has 10 heteroatoms. The Kier molecular flexibility index (Phi) is 4.78. The van der Waals surface area contributed by atoms with Gasteiger partial charge >= 0.3 is 6.18 Å². The van der Waals surface area contributed by atoms with Crippen molar-refractivity contribution in [1.29, 1.82) is 5.26 Å². The zero-order chi connectivity index (χ0) is 18.2. The number of nitrogens with zero attached hydrogens (tertiary/aromatic N) is 3. The summed E-state index contributed by atoms with van der Waals surface area (Å²) in [5.74, 6) is -0.443. The molecular weight excluding hydrogens is 368 g/mol. The molecule has 0 fully saturated rings. The van der Waals surface area contributed by atoms with Crippen LogP contribution in [0.25, 0.3) is 5.69 Å². The first-order chi connectivity index (χ1) is 11.1. The number of alkyl halides is 3. The molecule has 0 aliphatic heterocycles. The summed E-state index contributed by atoms with van der Waals surface area (Å²) < 4.78 is 39.6. The average molecular weight is 377 g/mol. The van der Waals surface area contributed by atoms with E-state index in [1.165, 1.54) is 14.0 Å². The topological polar surface area (TPSA) is 70.7 Å². The Morgan fingerprint density at radius 3 is 2.29 bits per heavy atom. The van der Waals surface area contributed by atoms with E-state index in [2.05, 4.69) is 10.3 Å². The fourth-order valence-corrected chi connectivity index (χ4v) is 2.78. The monoisotopic (exact) mass is 376 g/mol. The number of aromatic nitrogens is 2. The Hall–Kier alpha value is -2.24. The zero-order valence-corrected chi connectivity index (χ0v) is 13.8. The molecule has 0 aliphatic rings. The molecular formula is C14H9Cl2F3N4O. The maximum atomic E-state index is 12.8. The largest absolute Gasteiger partial charge is 0.416 e. The molecule has 1 heterocycles. The Morgan fingerprint density at radius 1 is 1.33 bits per heavy atom. The van der Waals surface area contributed by atoms with Gasteiger partial charge in [0.2, 0.25) is 0 Å². The molecule has 0 saturated heterocycles. The van der Waals surface area contributed by atoms with Crippen LogP contribution in [0.4, 0.5) is 13.2 Å². The number of nitriles is 1. The van der Waals surface area contributed by atoms with Gasteiger partial charge in [-0.05, 0) is 19.1 Å². The molecule has 2 rings (SSSR count). The minimum absolute atomic E-state index is 0.0527. The van der Waals surface area contributed by atoms with E-state index in [1.807, 2.05) is 0 Å². The lowest BCUT2D eigenvalue weighted by atomic mass is 10.2. The van der Waals surface area contributed by atoms with E-state index in [0.717, 1.165) is 4.57 Å². The van der Waals surface area contributed by atoms with Crippen LogP contribution in [0.1, 0.15) is 27.6 Å². The van der Waals surface area contributed by atoms with Crippen LogP contribution in [0.2, 0.25) is 10.0 Å². The van der Waals surface area contributed by atoms with Gasteiger partial charge in [-0.2, -0.15) is 18.4 Å². The van der Waals surface area contributed by atoms with Gasteiger partial charge in [0, 0.05) is 7.05 Å². The van der Waals surface area contributed by atoms with Crippen LogP contribution < -0.4 is 5.32 Å². The number of halogens is 5. The lowest BCUT2D eigenvalue weighted by Crippen LogP contribution is -2.19. The number of rotatable bonds is 2. The summed E-state index contributed by atoms with van der Waals surface area (Å²) in [6, 6.07) is 3.19. The Balaban J connectivity index is 2.77. The highest BCUT2D eigenvalue weighted by Crippen LogP contribution is 2.38. The van der Waals surface area contributed by atoms with Gasteiger partial charge < -0.3 is 5.32 Å². The molecule has 5 nitrogen and oxygen atoms in total. The number of carbonyl (C=O) groups excluding carboxylic acids is 1. The highest BCUT2D eigenvalue weighted by Gasteiger charge is 2.33. The third-order valence-electron chi connectivity index (χ3n) is 3.16. The Bertz CT molecular complexity index is 845. The second-order valence-electron chi connectivity index (χ2n) is 4.67. The molecule has 0 atom stereocenters. The van der Waals surface area contributed by atoms with Gasteiger partial charge in [0.15, 0.2) is 11.4 Å². The predicted molar refractivity (Wildman–Crippen MR) is 81.4 cm³/mol. The van der Waals surface area contributed by atoms with Crippen molar-refractivity contribution in [3.8, 4) is 11.8 Å². The first-order valence-electron chi connectivity index (χ1n) is 6.40. The number of carbonyl (C=O) groups is 1. The number of hydrogen-bond acceptors (Lipinski definition) is 3. The molecule has 24 heavy (non-hydrogen) atoms.